The van der Waals surface area contributed by atoms with Gasteiger partial charge in [-0.1, -0.05) is 12.8 Å². The number of rotatable bonds is 4. The lowest BCUT2D eigenvalue weighted by molar-refractivity contribution is 0.373. The number of nitrogens with one attached hydrogen (secondary N) is 1. The molecule has 0 aromatic carbocycles. The van der Waals surface area contributed by atoms with Gasteiger partial charge in [0.2, 0.25) is 0 Å². The Labute approximate surface area is 69.5 Å². The van der Waals surface area contributed by atoms with Crippen molar-refractivity contribution in [3.05, 3.63) is 0 Å². The molecule has 1 aliphatic heterocycles. The quantitative estimate of drug-likeness (QED) is 0.601. The number of piperidine rings is 1. The molecule has 66 valence electrons. The fraction of sp³-hybridized carbons (Fsp3) is 1.00. The summed E-state index contributed by atoms with van der Waals surface area (Å²) in [5.74, 6) is 0. The molecule has 11 heavy (non-hydrogen) atoms. The van der Waals surface area contributed by atoms with Crippen molar-refractivity contribution in [3.63, 3.8) is 0 Å². The predicted octanol–water partition coefficient (Wildman–Crippen LogP) is 1.26. The second kappa shape index (κ2) is 5.56. The van der Waals surface area contributed by atoms with Crippen LogP contribution in [0.1, 0.15) is 38.5 Å². The van der Waals surface area contributed by atoms with Crippen molar-refractivity contribution in [2.75, 3.05) is 13.1 Å². The van der Waals surface area contributed by atoms with E-state index in [9.17, 15) is 0 Å². The van der Waals surface area contributed by atoms with E-state index in [1.165, 1.54) is 45.1 Å². The van der Waals surface area contributed by atoms with E-state index in [0.29, 0.717) is 0 Å². The van der Waals surface area contributed by atoms with Gasteiger partial charge in [-0.25, -0.2) is 0 Å². The fourth-order valence-electron chi connectivity index (χ4n) is 1.71. The first-order valence-corrected chi connectivity index (χ1v) is 4.87. The van der Waals surface area contributed by atoms with Gasteiger partial charge in [-0.2, -0.15) is 0 Å². The molecule has 1 unspecified atom stereocenters. The molecule has 0 bridgehead atoms. The minimum Gasteiger partial charge on any atom is -0.330 e. The van der Waals surface area contributed by atoms with Crippen molar-refractivity contribution in [1.29, 1.82) is 0 Å². The molecule has 0 radical (unpaired) electrons. The second-order valence-corrected chi connectivity index (χ2v) is 3.43. The Morgan fingerprint density at radius 1 is 1.27 bits per heavy atom. The zero-order valence-electron chi connectivity index (χ0n) is 7.31. The number of hydrogen-bond donors (Lipinski definition) is 2. The summed E-state index contributed by atoms with van der Waals surface area (Å²) < 4.78 is 0. The minimum absolute atomic E-state index is 0.801. The van der Waals surface area contributed by atoms with Crippen molar-refractivity contribution < 1.29 is 0 Å². The van der Waals surface area contributed by atoms with Gasteiger partial charge >= 0.3 is 0 Å². The van der Waals surface area contributed by atoms with Crippen molar-refractivity contribution in [2.45, 2.75) is 44.6 Å². The molecule has 0 saturated carbocycles. The number of nitrogens with two attached hydrogens (primary N) is 1. The maximum absolute atomic E-state index is 5.42. The maximum Gasteiger partial charge on any atom is 0.00670 e. The Morgan fingerprint density at radius 3 is 2.82 bits per heavy atom. The summed E-state index contributed by atoms with van der Waals surface area (Å²) >= 11 is 0. The van der Waals surface area contributed by atoms with Gasteiger partial charge in [0.15, 0.2) is 0 Å². The average molecular weight is 156 g/mol. The van der Waals surface area contributed by atoms with Crippen LogP contribution in [-0.4, -0.2) is 19.1 Å². The van der Waals surface area contributed by atoms with Crippen LogP contribution in [-0.2, 0) is 0 Å². The summed E-state index contributed by atoms with van der Waals surface area (Å²) in [4.78, 5) is 0. The first-order valence-electron chi connectivity index (χ1n) is 4.87. The number of hydrogen-bond acceptors (Lipinski definition) is 2. The van der Waals surface area contributed by atoms with E-state index >= 15 is 0 Å². The smallest absolute Gasteiger partial charge is 0.00670 e. The van der Waals surface area contributed by atoms with E-state index in [1.54, 1.807) is 0 Å². The Hall–Kier alpha value is -0.0800. The molecule has 1 atom stereocenters. The summed E-state index contributed by atoms with van der Waals surface area (Å²) in [6, 6.07) is 0.801. The van der Waals surface area contributed by atoms with Gasteiger partial charge in [0.1, 0.15) is 0 Å². The van der Waals surface area contributed by atoms with Crippen molar-refractivity contribution >= 4 is 0 Å². The summed E-state index contributed by atoms with van der Waals surface area (Å²) in [5, 5.41) is 3.54. The highest BCUT2D eigenvalue weighted by Crippen LogP contribution is 2.12. The third-order valence-corrected chi connectivity index (χ3v) is 2.42. The molecule has 2 heteroatoms. The largest absolute Gasteiger partial charge is 0.330 e. The summed E-state index contributed by atoms with van der Waals surface area (Å²) in [6.45, 7) is 2.08. The lowest BCUT2D eigenvalue weighted by Crippen LogP contribution is -2.33. The first kappa shape index (κ1) is 9.01. The van der Waals surface area contributed by atoms with Gasteiger partial charge in [-0.15, -0.1) is 0 Å². The molecule has 0 aromatic rings. The molecule has 1 rings (SSSR count). The fourth-order valence-corrected chi connectivity index (χ4v) is 1.71. The van der Waals surface area contributed by atoms with Crippen LogP contribution in [0.25, 0.3) is 0 Å². The first-order chi connectivity index (χ1) is 5.43. The zero-order chi connectivity index (χ0) is 7.94. The zero-order valence-corrected chi connectivity index (χ0v) is 7.31. The Bertz CT molecular complexity index is 87.6. The lowest BCUT2D eigenvalue weighted by atomic mass is 10.00. The third kappa shape index (κ3) is 3.73. The molecular weight excluding hydrogens is 136 g/mol. The predicted molar refractivity (Wildman–Crippen MR) is 48.5 cm³/mol. The van der Waals surface area contributed by atoms with E-state index in [-0.39, 0.29) is 0 Å². The molecule has 3 N–H and O–H groups in total. The highest BCUT2D eigenvalue weighted by atomic mass is 14.9. The number of unbranched alkanes of at least 4 members (excludes halogenated alkanes) is 1. The van der Waals surface area contributed by atoms with Gasteiger partial charge in [0.05, 0.1) is 0 Å². The SMILES string of the molecule is NCCCCC1CCCCN1. The summed E-state index contributed by atoms with van der Waals surface area (Å²) in [5.41, 5.74) is 5.42. The van der Waals surface area contributed by atoms with Crippen LogP contribution in [0.5, 0.6) is 0 Å². The Balaban J connectivity index is 1.96. The van der Waals surface area contributed by atoms with Crippen LogP contribution in [0.2, 0.25) is 0 Å². The van der Waals surface area contributed by atoms with E-state index in [2.05, 4.69) is 5.32 Å². The van der Waals surface area contributed by atoms with Crippen LogP contribution in [0.15, 0.2) is 0 Å². The van der Waals surface area contributed by atoms with Crippen LogP contribution >= 0.6 is 0 Å². The van der Waals surface area contributed by atoms with Crippen molar-refractivity contribution in [2.24, 2.45) is 5.73 Å². The van der Waals surface area contributed by atoms with E-state index in [0.717, 1.165) is 12.6 Å². The van der Waals surface area contributed by atoms with Crippen LogP contribution in [0, 0.1) is 0 Å². The normalized spacial score (nSPS) is 25.4. The van der Waals surface area contributed by atoms with Gasteiger partial charge in [-0.3, -0.25) is 0 Å². The summed E-state index contributed by atoms with van der Waals surface area (Å²) in [7, 11) is 0. The molecule has 1 heterocycles. The highest BCUT2D eigenvalue weighted by Gasteiger charge is 2.10. The molecule has 1 saturated heterocycles. The van der Waals surface area contributed by atoms with Crippen molar-refractivity contribution in [3.8, 4) is 0 Å². The second-order valence-electron chi connectivity index (χ2n) is 3.43. The van der Waals surface area contributed by atoms with E-state index in [1.807, 2.05) is 0 Å². The van der Waals surface area contributed by atoms with Crippen LogP contribution in [0.4, 0.5) is 0 Å². The van der Waals surface area contributed by atoms with Crippen LogP contribution < -0.4 is 11.1 Å². The monoisotopic (exact) mass is 156 g/mol. The van der Waals surface area contributed by atoms with Crippen LogP contribution in [0.3, 0.4) is 0 Å². The molecule has 0 aliphatic carbocycles. The van der Waals surface area contributed by atoms with E-state index < -0.39 is 0 Å². The minimum atomic E-state index is 0.801. The Morgan fingerprint density at radius 2 is 2.18 bits per heavy atom. The lowest BCUT2D eigenvalue weighted by Gasteiger charge is -2.23. The van der Waals surface area contributed by atoms with E-state index in [4.69, 9.17) is 5.73 Å². The maximum atomic E-state index is 5.42. The molecule has 0 aromatic heterocycles. The van der Waals surface area contributed by atoms with Gasteiger partial charge < -0.3 is 11.1 Å². The van der Waals surface area contributed by atoms with Gasteiger partial charge in [0.25, 0.3) is 0 Å². The Kier molecular flexibility index (Phi) is 4.55. The summed E-state index contributed by atoms with van der Waals surface area (Å²) in [6.07, 6.45) is 7.99. The van der Waals surface area contributed by atoms with Gasteiger partial charge in [-0.05, 0) is 38.8 Å². The molecule has 1 aliphatic rings. The molecular formula is C9H20N2. The van der Waals surface area contributed by atoms with Gasteiger partial charge in [0, 0.05) is 6.04 Å². The standard InChI is InChI=1S/C9H20N2/c10-7-3-1-5-9-6-2-4-8-11-9/h9,11H,1-8,10H2. The average Bonchev–Trinajstić information content (AvgIpc) is 2.07. The molecule has 2 nitrogen and oxygen atoms in total. The van der Waals surface area contributed by atoms with Crippen molar-refractivity contribution in [1.82, 2.24) is 5.32 Å². The molecule has 1 fully saturated rings. The molecule has 0 spiro atoms. The highest BCUT2D eigenvalue weighted by molar-refractivity contribution is 4.71. The molecule has 0 amide bonds. The third-order valence-electron chi connectivity index (χ3n) is 2.42. The topological polar surface area (TPSA) is 38.0 Å².